The number of allylic oxidation sites excluding steroid dienone is 3. The van der Waals surface area contributed by atoms with E-state index in [0.29, 0.717) is 11.5 Å². The van der Waals surface area contributed by atoms with E-state index in [1.807, 2.05) is 19.3 Å². The van der Waals surface area contributed by atoms with Gasteiger partial charge in [0.05, 0.1) is 5.57 Å². The summed E-state index contributed by atoms with van der Waals surface area (Å²) in [5, 5.41) is 9.30. The van der Waals surface area contributed by atoms with Gasteiger partial charge in [-0.05, 0) is 25.0 Å². The van der Waals surface area contributed by atoms with E-state index in [1.165, 1.54) is 0 Å². The van der Waals surface area contributed by atoms with Crippen molar-refractivity contribution in [3.8, 4) is 0 Å². The van der Waals surface area contributed by atoms with Crippen LogP contribution >= 0.6 is 0 Å². The zero-order valence-corrected chi connectivity index (χ0v) is 11.5. The number of aliphatic carboxylic acids is 1. The van der Waals surface area contributed by atoms with E-state index < -0.39 is 5.97 Å². The first kappa shape index (κ1) is 14.6. The summed E-state index contributed by atoms with van der Waals surface area (Å²) in [6, 6.07) is 0. The van der Waals surface area contributed by atoms with Crippen LogP contribution in [0.25, 0.3) is 0 Å². The van der Waals surface area contributed by atoms with Gasteiger partial charge in [0.15, 0.2) is 0 Å². The quantitative estimate of drug-likeness (QED) is 0.733. The minimum Gasteiger partial charge on any atom is -0.478 e. The smallest absolute Gasteiger partial charge is 0.333 e. The summed E-state index contributed by atoms with van der Waals surface area (Å²) in [6.07, 6.45) is 12.9. The van der Waals surface area contributed by atoms with Crippen LogP contribution in [-0.2, 0) is 4.79 Å². The highest BCUT2D eigenvalue weighted by Gasteiger charge is 2.27. The van der Waals surface area contributed by atoms with Crippen LogP contribution in [0.5, 0.6) is 0 Å². The van der Waals surface area contributed by atoms with Crippen molar-refractivity contribution in [3.05, 3.63) is 36.2 Å². The standard InChI is InChI=1S/C15H23NO2/c1-4-6-7-8-12(5-2)13-9-10-16(3)11-14(13)15(17)18/h6-7,9-13H,4-5,8H2,1-3H3,(H,17,18). The summed E-state index contributed by atoms with van der Waals surface area (Å²) in [7, 11) is 1.85. The van der Waals surface area contributed by atoms with Gasteiger partial charge in [0, 0.05) is 19.2 Å². The summed E-state index contributed by atoms with van der Waals surface area (Å²) in [5.74, 6) is -0.431. The minimum atomic E-state index is -0.811. The second kappa shape index (κ2) is 7.04. The highest BCUT2D eigenvalue weighted by Crippen LogP contribution is 2.31. The lowest BCUT2D eigenvalue weighted by Crippen LogP contribution is -2.25. The molecule has 1 aliphatic rings. The molecule has 2 atom stereocenters. The van der Waals surface area contributed by atoms with Crippen LogP contribution in [0, 0.1) is 11.8 Å². The molecule has 0 aliphatic carbocycles. The number of hydrogen-bond acceptors (Lipinski definition) is 2. The predicted octanol–water partition coefficient (Wildman–Crippen LogP) is 3.41. The Labute approximate surface area is 109 Å². The fourth-order valence-corrected chi connectivity index (χ4v) is 2.29. The topological polar surface area (TPSA) is 40.5 Å². The minimum absolute atomic E-state index is 0.0187. The Kier molecular flexibility index (Phi) is 5.69. The number of rotatable bonds is 6. The van der Waals surface area contributed by atoms with E-state index in [2.05, 4.69) is 26.0 Å². The zero-order chi connectivity index (χ0) is 13.5. The number of hydrogen-bond donors (Lipinski definition) is 1. The molecule has 0 radical (unpaired) electrons. The van der Waals surface area contributed by atoms with E-state index in [1.54, 1.807) is 11.1 Å². The van der Waals surface area contributed by atoms with Crippen LogP contribution in [0.15, 0.2) is 36.2 Å². The molecule has 0 bridgehead atoms. The van der Waals surface area contributed by atoms with Gasteiger partial charge >= 0.3 is 5.97 Å². The van der Waals surface area contributed by atoms with Gasteiger partial charge in [-0.25, -0.2) is 4.79 Å². The highest BCUT2D eigenvalue weighted by molar-refractivity contribution is 5.87. The molecular formula is C15H23NO2. The molecule has 3 heteroatoms. The van der Waals surface area contributed by atoms with Crippen LogP contribution in [0.3, 0.4) is 0 Å². The van der Waals surface area contributed by atoms with Crippen molar-refractivity contribution < 1.29 is 9.90 Å². The van der Waals surface area contributed by atoms with Gasteiger partial charge in [0.25, 0.3) is 0 Å². The number of carbonyl (C=O) groups is 1. The molecule has 0 saturated carbocycles. The molecule has 3 nitrogen and oxygen atoms in total. The molecule has 0 aromatic rings. The Morgan fingerprint density at radius 1 is 1.50 bits per heavy atom. The molecule has 1 rings (SSSR count). The van der Waals surface area contributed by atoms with Crippen molar-refractivity contribution in [2.75, 3.05) is 7.05 Å². The highest BCUT2D eigenvalue weighted by atomic mass is 16.4. The van der Waals surface area contributed by atoms with Gasteiger partial charge in [-0.3, -0.25) is 0 Å². The third kappa shape index (κ3) is 3.76. The maximum atomic E-state index is 11.3. The maximum Gasteiger partial charge on any atom is 0.333 e. The van der Waals surface area contributed by atoms with Crippen molar-refractivity contribution in [2.24, 2.45) is 11.8 Å². The van der Waals surface area contributed by atoms with Crippen LogP contribution < -0.4 is 0 Å². The van der Waals surface area contributed by atoms with Crippen molar-refractivity contribution in [3.63, 3.8) is 0 Å². The van der Waals surface area contributed by atoms with E-state index in [-0.39, 0.29) is 5.92 Å². The molecule has 0 fully saturated rings. The molecule has 0 amide bonds. The molecule has 0 spiro atoms. The third-order valence-corrected chi connectivity index (χ3v) is 3.35. The summed E-state index contributed by atoms with van der Waals surface area (Å²) < 4.78 is 0. The summed E-state index contributed by atoms with van der Waals surface area (Å²) in [5.41, 5.74) is 0.497. The molecule has 1 N–H and O–H groups in total. The second-order valence-electron chi connectivity index (χ2n) is 4.71. The third-order valence-electron chi connectivity index (χ3n) is 3.35. The monoisotopic (exact) mass is 249 g/mol. The van der Waals surface area contributed by atoms with Gasteiger partial charge in [-0.2, -0.15) is 0 Å². The molecule has 0 saturated heterocycles. The van der Waals surface area contributed by atoms with Gasteiger partial charge in [-0.1, -0.05) is 38.5 Å². The summed E-state index contributed by atoms with van der Waals surface area (Å²) in [6.45, 7) is 4.23. The Balaban J connectivity index is 2.83. The van der Waals surface area contributed by atoms with E-state index in [9.17, 15) is 9.90 Å². The lowest BCUT2D eigenvalue weighted by molar-refractivity contribution is -0.133. The molecule has 18 heavy (non-hydrogen) atoms. The molecule has 1 aliphatic heterocycles. The second-order valence-corrected chi connectivity index (χ2v) is 4.71. The molecule has 1 heterocycles. The average Bonchev–Trinajstić information content (AvgIpc) is 2.35. The fraction of sp³-hybridized carbons (Fsp3) is 0.533. The Morgan fingerprint density at radius 2 is 2.22 bits per heavy atom. The number of nitrogens with zero attached hydrogens (tertiary/aromatic N) is 1. The zero-order valence-electron chi connectivity index (χ0n) is 11.5. The van der Waals surface area contributed by atoms with Crippen LogP contribution in [0.2, 0.25) is 0 Å². The van der Waals surface area contributed by atoms with Crippen LogP contribution in [-0.4, -0.2) is 23.0 Å². The molecule has 100 valence electrons. The van der Waals surface area contributed by atoms with Gasteiger partial charge in [-0.15, -0.1) is 0 Å². The van der Waals surface area contributed by atoms with Crippen LogP contribution in [0.1, 0.15) is 33.1 Å². The maximum absolute atomic E-state index is 11.3. The average molecular weight is 249 g/mol. The molecule has 0 aromatic carbocycles. The van der Waals surface area contributed by atoms with Gasteiger partial charge in [0.1, 0.15) is 0 Å². The first-order valence-corrected chi connectivity index (χ1v) is 6.60. The Bertz CT molecular complexity index is 369. The summed E-state index contributed by atoms with van der Waals surface area (Å²) >= 11 is 0. The molecule has 2 unspecified atom stereocenters. The largest absolute Gasteiger partial charge is 0.478 e. The Hall–Kier alpha value is -1.51. The SMILES string of the molecule is CCC=CCC(CC)C1C=CN(C)C=C1C(=O)O. The van der Waals surface area contributed by atoms with Crippen LogP contribution in [0.4, 0.5) is 0 Å². The van der Waals surface area contributed by atoms with Crippen molar-refractivity contribution in [2.45, 2.75) is 33.1 Å². The number of carboxylic acids is 1. The first-order valence-electron chi connectivity index (χ1n) is 6.60. The van der Waals surface area contributed by atoms with Crippen molar-refractivity contribution >= 4 is 5.97 Å². The normalized spacial score (nSPS) is 21.2. The Morgan fingerprint density at radius 3 is 2.78 bits per heavy atom. The lowest BCUT2D eigenvalue weighted by Gasteiger charge is -2.28. The van der Waals surface area contributed by atoms with Gasteiger partial charge < -0.3 is 10.0 Å². The predicted molar refractivity (Wildman–Crippen MR) is 73.9 cm³/mol. The van der Waals surface area contributed by atoms with E-state index in [0.717, 1.165) is 19.3 Å². The van der Waals surface area contributed by atoms with Gasteiger partial charge in [0.2, 0.25) is 0 Å². The molecule has 0 aromatic heterocycles. The summed E-state index contributed by atoms with van der Waals surface area (Å²) in [4.78, 5) is 13.1. The van der Waals surface area contributed by atoms with E-state index >= 15 is 0 Å². The number of carboxylic acid groups (broad SMARTS) is 1. The van der Waals surface area contributed by atoms with E-state index in [4.69, 9.17) is 0 Å². The fourth-order valence-electron chi connectivity index (χ4n) is 2.29. The van der Waals surface area contributed by atoms with Crippen molar-refractivity contribution in [1.29, 1.82) is 0 Å². The lowest BCUT2D eigenvalue weighted by atomic mass is 9.81. The van der Waals surface area contributed by atoms with Crippen molar-refractivity contribution in [1.82, 2.24) is 4.90 Å². The molecular weight excluding hydrogens is 226 g/mol. The first-order chi connectivity index (χ1) is 8.60.